The van der Waals surface area contributed by atoms with Crippen LogP contribution in [0.2, 0.25) is 0 Å². The maximum atomic E-state index is 12.3. The van der Waals surface area contributed by atoms with Gasteiger partial charge in [0.1, 0.15) is 0 Å². The Morgan fingerprint density at radius 3 is 2.94 bits per heavy atom. The number of methoxy groups -OCH3 is 1. The number of ether oxygens (including phenoxy) is 1. The molecular formula is C14H18INO2. The first-order chi connectivity index (χ1) is 8.63. The van der Waals surface area contributed by atoms with Crippen LogP contribution in [0.25, 0.3) is 0 Å². The van der Waals surface area contributed by atoms with E-state index in [0.717, 1.165) is 34.0 Å². The Bertz CT molecular complexity index is 447. The Morgan fingerprint density at radius 2 is 2.22 bits per heavy atom. The van der Waals surface area contributed by atoms with Crippen molar-refractivity contribution < 1.29 is 9.53 Å². The quantitative estimate of drug-likeness (QED) is 0.843. The number of carbonyl (C=O) groups is 1. The van der Waals surface area contributed by atoms with Crippen LogP contribution in [0, 0.1) is 10.5 Å². The summed E-state index contributed by atoms with van der Waals surface area (Å²) >= 11 is 2.23. The molecule has 0 saturated heterocycles. The lowest BCUT2D eigenvalue weighted by Crippen LogP contribution is -2.41. The van der Waals surface area contributed by atoms with Gasteiger partial charge in [-0.05, 0) is 60.4 Å². The molecule has 0 aliphatic heterocycles. The molecule has 4 heteroatoms. The van der Waals surface area contributed by atoms with E-state index in [0.29, 0.717) is 0 Å². The number of hydrogen-bond donors (Lipinski definition) is 1. The van der Waals surface area contributed by atoms with Crippen LogP contribution in [0.4, 0.5) is 0 Å². The normalized spacial score (nSPS) is 23.1. The third-order valence-corrected chi connectivity index (χ3v) is 4.94. The lowest BCUT2D eigenvalue weighted by molar-refractivity contribution is 0.0721. The molecule has 1 aromatic carbocycles. The summed E-state index contributed by atoms with van der Waals surface area (Å²) in [5, 5.41) is 3.10. The van der Waals surface area contributed by atoms with Crippen molar-refractivity contribution in [2.75, 3.05) is 7.11 Å². The average Bonchev–Trinajstić information content (AvgIpc) is 2.79. The Balaban J connectivity index is 2.10. The molecule has 0 aromatic heterocycles. The zero-order chi connectivity index (χ0) is 13.1. The topological polar surface area (TPSA) is 38.3 Å². The SMILES string of the molecule is COC1CCCC1NC(=O)c1cccc(C)c1I. The van der Waals surface area contributed by atoms with Gasteiger partial charge >= 0.3 is 0 Å². The molecule has 3 nitrogen and oxygen atoms in total. The van der Waals surface area contributed by atoms with Crippen LogP contribution in [-0.4, -0.2) is 25.2 Å². The van der Waals surface area contributed by atoms with Gasteiger partial charge < -0.3 is 10.1 Å². The summed E-state index contributed by atoms with van der Waals surface area (Å²) in [5.41, 5.74) is 1.90. The molecule has 1 aliphatic rings. The molecule has 1 aliphatic carbocycles. The fourth-order valence-electron chi connectivity index (χ4n) is 2.44. The molecule has 0 radical (unpaired) electrons. The van der Waals surface area contributed by atoms with E-state index in [1.807, 2.05) is 25.1 Å². The highest BCUT2D eigenvalue weighted by Gasteiger charge is 2.29. The molecule has 0 spiro atoms. The molecule has 1 N–H and O–H groups in total. The van der Waals surface area contributed by atoms with Crippen molar-refractivity contribution in [3.8, 4) is 0 Å². The van der Waals surface area contributed by atoms with Gasteiger partial charge in [-0.15, -0.1) is 0 Å². The Morgan fingerprint density at radius 1 is 1.44 bits per heavy atom. The van der Waals surface area contributed by atoms with Crippen molar-refractivity contribution in [2.45, 2.75) is 38.3 Å². The van der Waals surface area contributed by atoms with Crippen LogP contribution >= 0.6 is 22.6 Å². The van der Waals surface area contributed by atoms with Crippen LogP contribution in [0.1, 0.15) is 35.2 Å². The Labute approximate surface area is 121 Å². The van der Waals surface area contributed by atoms with Crippen molar-refractivity contribution in [1.82, 2.24) is 5.32 Å². The van der Waals surface area contributed by atoms with E-state index < -0.39 is 0 Å². The number of carbonyl (C=O) groups excluding carboxylic acids is 1. The number of hydrogen-bond acceptors (Lipinski definition) is 2. The summed E-state index contributed by atoms with van der Waals surface area (Å²) in [6, 6.07) is 5.97. The molecule has 18 heavy (non-hydrogen) atoms. The van der Waals surface area contributed by atoms with Crippen molar-refractivity contribution >= 4 is 28.5 Å². The summed E-state index contributed by atoms with van der Waals surface area (Å²) in [4.78, 5) is 12.3. The number of nitrogens with one attached hydrogen (secondary N) is 1. The Kier molecular flexibility index (Phi) is 4.61. The minimum Gasteiger partial charge on any atom is -0.379 e. The van der Waals surface area contributed by atoms with Gasteiger partial charge in [0.25, 0.3) is 5.91 Å². The summed E-state index contributed by atoms with van der Waals surface area (Å²) in [6.45, 7) is 2.02. The maximum Gasteiger partial charge on any atom is 0.252 e. The van der Waals surface area contributed by atoms with Gasteiger partial charge in [-0.3, -0.25) is 4.79 Å². The highest BCUT2D eigenvalue weighted by atomic mass is 127. The average molecular weight is 359 g/mol. The number of benzene rings is 1. The largest absolute Gasteiger partial charge is 0.379 e. The minimum atomic E-state index is 0.0112. The van der Waals surface area contributed by atoms with E-state index in [1.165, 1.54) is 0 Å². The first-order valence-corrected chi connectivity index (χ1v) is 7.30. The third-order valence-electron chi connectivity index (χ3n) is 3.51. The van der Waals surface area contributed by atoms with Crippen LogP contribution in [0.3, 0.4) is 0 Å². The number of rotatable bonds is 3. The Hall–Kier alpha value is -0.620. The van der Waals surface area contributed by atoms with Crippen molar-refractivity contribution in [3.05, 3.63) is 32.9 Å². The van der Waals surface area contributed by atoms with E-state index in [1.54, 1.807) is 7.11 Å². The lowest BCUT2D eigenvalue weighted by Gasteiger charge is -2.20. The monoisotopic (exact) mass is 359 g/mol. The highest BCUT2D eigenvalue weighted by Crippen LogP contribution is 2.23. The van der Waals surface area contributed by atoms with Gasteiger partial charge in [0, 0.05) is 10.7 Å². The molecule has 98 valence electrons. The van der Waals surface area contributed by atoms with E-state index in [4.69, 9.17) is 4.74 Å². The van der Waals surface area contributed by atoms with Gasteiger partial charge in [0.2, 0.25) is 0 Å². The maximum absolute atomic E-state index is 12.3. The van der Waals surface area contributed by atoms with E-state index in [9.17, 15) is 4.79 Å². The first-order valence-electron chi connectivity index (χ1n) is 6.22. The summed E-state index contributed by atoms with van der Waals surface area (Å²) in [5.74, 6) is 0.0112. The predicted molar refractivity (Wildman–Crippen MR) is 79.8 cm³/mol. The summed E-state index contributed by atoms with van der Waals surface area (Å²) in [7, 11) is 1.71. The second-order valence-electron chi connectivity index (χ2n) is 4.72. The zero-order valence-corrected chi connectivity index (χ0v) is 12.9. The number of amides is 1. The zero-order valence-electron chi connectivity index (χ0n) is 10.7. The van der Waals surface area contributed by atoms with Gasteiger partial charge in [0.15, 0.2) is 0 Å². The standard InChI is InChI=1S/C14H18INO2/c1-9-5-3-6-10(13(9)15)14(17)16-11-7-4-8-12(11)18-2/h3,5-6,11-12H,4,7-8H2,1-2H3,(H,16,17). The summed E-state index contributed by atoms with van der Waals surface area (Å²) < 4.78 is 6.43. The summed E-state index contributed by atoms with van der Waals surface area (Å²) in [6.07, 6.45) is 3.32. The van der Waals surface area contributed by atoms with Crippen molar-refractivity contribution in [1.29, 1.82) is 0 Å². The molecule has 1 amide bonds. The smallest absolute Gasteiger partial charge is 0.252 e. The second-order valence-corrected chi connectivity index (χ2v) is 5.80. The fraction of sp³-hybridized carbons (Fsp3) is 0.500. The lowest BCUT2D eigenvalue weighted by atomic mass is 10.1. The van der Waals surface area contributed by atoms with Gasteiger partial charge in [-0.2, -0.15) is 0 Å². The molecule has 1 fully saturated rings. The third kappa shape index (κ3) is 2.85. The van der Waals surface area contributed by atoms with Crippen LogP contribution in [-0.2, 0) is 4.74 Å². The second kappa shape index (κ2) is 6.02. The predicted octanol–water partition coefficient (Wildman–Crippen LogP) is 2.90. The van der Waals surface area contributed by atoms with Crippen LogP contribution in [0.15, 0.2) is 18.2 Å². The van der Waals surface area contributed by atoms with E-state index >= 15 is 0 Å². The molecule has 0 bridgehead atoms. The van der Waals surface area contributed by atoms with Gasteiger partial charge in [0.05, 0.1) is 17.7 Å². The molecule has 2 rings (SSSR count). The molecule has 1 aromatic rings. The molecule has 0 heterocycles. The molecular weight excluding hydrogens is 341 g/mol. The fourth-order valence-corrected chi connectivity index (χ4v) is 3.05. The van der Waals surface area contributed by atoms with Crippen LogP contribution in [0.5, 0.6) is 0 Å². The number of aryl methyl sites for hydroxylation is 1. The minimum absolute atomic E-state index is 0.0112. The number of halogens is 1. The van der Waals surface area contributed by atoms with Crippen molar-refractivity contribution in [3.63, 3.8) is 0 Å². The highest BCUT2D eigenvalue weighted by molar-refractivity contribution is 14.1. The van der Waals surface area contributed by atoms with E-state index in [2.05, 4.69) is 27.9 Å². The first kappa shape index (κ1) is 13.8. The molecule has 2 unspecified atom stereocenters. The molecule has 1 saturated carbocycles. The van der Waals surface area contributed by atoms with E-state index in [-0.39, 0.29) is 18.1 Å². The van der Waals surface area contributed by atoms with Gasteiger partial charge in [-0.1, -0.05) is 12.1 Å². The van der Waals surface area contributed by atoms with Crippen LogP contribution < -0.4 is 5.32 Å². The van der Waals surface area contributed by atoms with Crippen molar-refractivity contribution in [2.24, 2.45) is 0 Å². The molecule has 2 atom stereocenters. The van der Waals surface area contributed by atoms with Gasteiger partial charge in [-0.25, -0.2) is 0 Å².